The number of carboxylic acids is 1. The third kappa shape index (κ3) is 3.52. The van der Waals surface area contributed by atoms with E-state index < -0.39 is 16.8 Å². The average Bonchev–Trinajstić information content (AvgIpc) is 2.96. The maximum Gasteiger partial charge on any atom is 0.336 e. The highest BCUT2D eigenvalue weighted by Gasteiger charge is 2.15. The summed E-state index contributed by atoms with van der Waals surface area (Å²) in [5, 5.41) is 23.1. The van der Waals surface area contributed by atoms with Crippen molar-refractivity contribution in [3.63, 3.8) is 0 Å². The van der Waals surface area contributed by atoms with E-state index in [9.17, 15) is 19.7 Å². The van der Waals surface area contributed by atoms with Crippen molar-refractivity contribution in [1.82, 2.24) is 5.43 Å². The largest absolute Gasteiger partial charge is 0.478 e. The van der Waals surface area contributed by atoms with Gasteiger partial charge in [-0.2, -0.15) is 5.10 Å². The highest BCUT2D eigenvalue weighted by molar-refractivity contribution is 7.16. The van der Waals surface area contributed by atoms with Crippen molar-refractivity contribution in [3.8, 4) is 0 Å². The fourth-order valence-corrected chi connectivity index (χ4v) is 2.29. The van der Waals surface area contributed by atoms with Crippen LogP contribution in [0.15, 0.2) is 41.5 Å². The number of nitro groups is 1. The van der Waals surface area contributed by atoms with Crippen LogP contribution in [0.2, 0.25) is 0 Å². The summed E-state index contributed by atoms with van der Waals surface area (Å²) in [6.07, 6.45) is 1.25. The van der Waals surface area contributed by atoms with Crippen LogP contribution in [0.3, 0.4) is 0 Å². The Kier molecular flexibility index (Phi) is 4.59. The first-order valence-corrected chi connectivity index (χ1v) is 6.70. The second kappa shape index (κ2) is 6.59. The maximum atomic E-state index is 11.9. The number of nitrogens with one attached hydrogen (secondary N) is 1. The molecular formula is C13H9N3O5S. The number of hydrazone groups is 1. The van der Waals surface area contributed by atoms with Crippen molar-refractivity contribution in [3.05, 3.63) is 62.5 Å². The van der Waals surface area contributed by atoms with E-state index >= 15 is 0 Å². The molecule has 1 aromatic carbocycles. The normalized spacial score (nSPS) is 10.5. The lowest BCUT2D eigenvalue weighted by Crippen LogP contribution is -2.20. The van der Waals surface area contributed by atoms with E-state index in [1.54, 1.807) is 0 Å². The molecule has 112 valence electrons. The number of carbonyl (C=O) groups is 2. The first kappa shape index (κ1) is 15.3. The van der Waals surface area contributed by atoms with Crippen molar-refractivity contribution in [2.24, 2.45) is 5.10 Å². The number of hydrogen-bond acceptors (Lipinski definition) is 6. The van der Waals surface area contributed by atoms with Gasteiger partial charge in [-0.05, 0) is 18.2 Å². The molecule has 2 rings (SSSR count). The molecule has 0 saturated carbocycles. The lowest BCUT2D eigenvalue weighted by atomic mass is 10.1. The lowest BCUT2D eigenvalue weighted by Gasteiger charge is -2.03. The van der Waals surface area contributed by atoms with Gasteiger partial charge in [0, 0.05) is 6.07 Å². The van der Waals surface area contributed by atoms with Gasteiger partial charge in [0.15, 0.2) is 0 Å². The Hall–Kier alpha value is -3.07. The van der Waals surface area contributed by atoms with Gasteiger partial charge in [0.2, 0.25) is 0 Å². The minimum absolute atomic E-state index is 0.0238. The van der Waals surface area contributed by atoms with Gasteiger partial charge in [0.05, 0.1) is 27.1 Å². The Morgan fingerprint density at radius 2 is 1.91 bits per heavy atom. The summed E-state index contributed by atoms with van der Waals surface area (Å²) < 4.78 is 0. The third-order valence-corrected chi connectivity index (χ3v) is 3.52. The van der Waals surface area contributed by atoms with Crippen molar-refractivity contribution in [2.45, 2.75) is 0 Å². The van der Waals surface area contributed by atoms with E-state index in [-0.39, 0.29) is 16.1 Å². The number of aromatic carboxylic acids is 1. The predicted octanol–water partition coefficient (Wildman–Crippen LogP) is 2.12. The molecule has 1 amide bonds. The van der Waals surface area contributed by atoms with Gasteiger partial charge in [-0.1, -0.05) is 23.5 Å². The number of rotatable bonds is 5. The first-order chi connectivity index (χ1) is 10.5. The van der Waals surface area contributed by atoms with Gasteiger partial charge >= 0.3 is 11.0 Å². The van der Waals surface area contributed by atoms with E-state index in [2.05, 4.69) is 10.5 Å². The molecule has 0 radical (unpaired) electrons. The summed E-state index contributed by atoms with van der Waals surface area (Å²) in [5.41, 5.74) is 2.02. The summed E-state index contributed by atoms with van der Waals surface area (Å²) in [7, 11) is 0. The van der Waals surface area contributed by atoms with Gasteiger partial charge in [-0.25, -0.2) is 10.2 Å². The van der Waals surface area contributed by atoms with Crippen LogP contribution in [-0.2, 0) is 0 Å². The van der Waals surface area contributed by atoms with E-state index in [1.165, 1.54) is 42.6 Å². The second-order valence-corrected chi connectivity index (χ2v) is 5.08. The number of hydrogen-bond donors (Lipinski definition) is 2. The zero-order valence-corrected chi connectivity index (χ0v) is 11.7. The van der Waals surface area contributed by atoms with Crippen molar-refractivity contribution in [1.29, 1.82) is 0 Å². The van der Waals surface area contributed by atoms with Gasteiger partial charge in [0.25, 0.3) is 5.91 Å². The number of benzene rings is 1. The molecule has 22 heavy (non-hydrogen) atoms. The standard InChI is InChI=1S/C13H9N3O5S/c17-12(9-3-1-2-4-10(9)13(18)19)15-14-7-8-5-6-11(22-8)16(20)21/h1-7H,(H,15,17)(H,18,19). The molecule has 8 nitrogen and oxygen atoms in total. The van der Waals surface area contributed by atoms with Crippen LogP contribution < -0.4 is 5.43 Å². The van der Waals surface area contributed by atoms with Crippen molar-refractivity contribution in [2.75, 3.05) is 0 Å². The molecule has 0 fully saturated rings. The number of carboxylic acid groups (broad SMARTS) is 1. The molecule has 0 aliphatic rings. The van der Waals surface area contributed by atoms with Crippen LogP contribution in [0.1, 0.15) is 25.6 Å². The Balaban J connectivity index is 2.08. The summed E-state index contributed by atoms with van der Waals surface area (Å²) in [5.74, 6) is -1.90. The molecule has 0 aliphatic heterocycles. The minimum atomic E-state index is -1.22. The number of carbonyl (C=O) groups excluding carboxylic acids is 1. The molecule has 1 heterocycles. The molecule has 0 spiro atoms. The molecule has 2 N–H and O–H groups in total. The number of amides is 1. The smallest absolute Gasteiger partial charge is 0.336 e. The van der Waals surface area contributed by atoms with Crippen molar-refractivity contribution >= 4 is 34.4 Å². The number of nitrogens with zero attached hydrogens (tertiary/aromatic N) is 2. The zero-order chi connectivity index (χ0) is 16.1. The van der Waals surface area contributed by atoms with Gasteiger partial charge in [-0.15, -0.1) is 0 Å². The molecule has 0 unspecified atom stereocenters. The fraction of sp³-hybridized carbons (Fsp3) is 0. The highest BCUT2D eigenvalue weighted by Crippen LogP contribution is 2.22. The van der Waals surface area contributed by atoms with Crippen LogP contribution in [-0.4, -0.2) is 28.1 Å². The zero-order valence-electron chi connectivity index (χ0n) is 10.9. The maximum absolute atomic E-state index is 11.9. The topological polar surface area (TPSA) is 122 Å². The summed E-state index contributed by atoms with van der Waals surface area (Å²) in [4.78, 5) is 33.4. The summed E-state index contributed by atoms with van der Waals surface area (Å²) in [6.45, 7) is 0. The van der Waals surface area contributed by atoms with E-state index in [0.717, 1.165) is 11.3 Å². The Labute approximate surface area is 127 Å². The quantitative estimate of drug-likeness (QED) is 0.496. The van der Waals surface area contributed by atoms with Crippen LogP contribution >= 0.6 is 11.3 Å². The van der Waals surface area contributed by atoms with E-state index in [1.807, 2.05) is 0 Å². The number of thiophene rings is 1. The molecule has 0 atom stereocenters. The predicted molar refractivity (Wildman–Crippen MR) is 79.4 cm³/mol. The van der Waals surface area contributed by atoms with E-state index in [4.69, 9.17) is 5.11 Å². The Bertz CT molecular complexity index is 769. The molecule has 0 bridgehead atoms. The molecule has 2 aromatic rings. The molecule has 0 aliphatic carbocycles. The van der Waals surface area contributed by atoms with Gasteiger partial charge in [0.1, 0.15) is 0 Å². The molecule has 0 saturated heterocycles. The SMILES string of the molecule is O=C(O)c1ccccc1C(=O)NN=Cc1ccc([N+](=O)[O-])s1. The van der Waals surface area contributed by atoms with Gasteiger partial charge in [-0.3, -0.25) is 14.9 Å². The van der Waals surface area contributed by atoms with Crippen LogP contribution in [0.25, 0.3) is 0 Å². The van der Waals surface area contributed by atoms with Crippen LogP contribution in [0.4, 0.5) is 5.00 Å². The molecular weight excluding hydrogens is 310 g/mol. The van der Waals surface area contributed by atoms with Crippen molar-refractivity contribution < 1.29 is 19.6 Å². The summed E-state index contributed by atoms with van der Waals surface area (Å²) in [6, 6.07) is 8.53. The summed E-state index contributed by atoms with van der Waals surface area (Å²) >= 11 is 0.903. The Morgan fingerprint density at radius 3 is 2.50 bits per heavy atom. The average molecular weight is 319 g/mol. The fourth-order valence-electron chi connectivity index (χ4n) is 1.59. The molecule has 1 aromatic heterocycles. The van der Waals surface area contributed by atoms with Crippen LogP contribution in [0.5, 0.6) is 0 Å². The van der Waals surface area contributed by atoms with Crippen LogP contribution in [0, 0.1) is 10.1 Å². The monoisotopic (exact) mass is 319 g/mol. The third-order valence-electron chi connectivity index (χ3n) is 2.55. The first-order valence-electron chi connectivity index (χ1n) is 5.89. The highest BCUT2D eigenvalue weighted by atomic mass is 32.1. The van der Waals surface area contributed by atoms with E-state index in [0.29, 0.717) is 4.88 Å². The van der Waals surface area contributed by atoms with Gasteiger partial charge < -0.3 is 5.11 Å². The minimum Gasteiger partial charge on any atom is -0.478 e. The lowest BCUT2D eigenvalue weighted by molar-refractivity contribution is -0.380. The molecule has 9 heteroatoms. The second-order valence-electron chi connectivity index (χ2n) is 3.98. The Morgan fingerprint density at radius 1 is 1.23 bits per heavy atom.